The molecule has 1 aromatic carbocycles. The number of carbonyl (C=O) groups excluding carboxylic acids is 1. The number of anilines is 1. The maximum atomic E-state index is 12.2. The number of benzene rings is 1. The lowest BCUT2D eigenvalue weighted by molar-refractivity contribution is -0.117. The first-order valence-electron chi connectivity index (χ1n) is 11.9. The lowest BCUT2D eigenvalue weighted by Crippen LogP contribution is -2.13. The van der Waals surface area contributed by atoms with E-state index in [1.807, 2.05) is 42.5 Å². The van der Waals surface area contributed by atoms with E-state index >= 15 is 0 Å². The molecule has 1 amide bonds. The van der Waals surface area contributed by atoms with Crippen molar-refractivity contribution >= 4 is 33.4 Å². The second-order valence-corrected chi connectivity index (χ2v) is 9.08. The summed E-state index contributed by atoms with van der Waals surface area (Å²) in [6.07, 6.45) is 8.98. The Hall–Kier alpha value is -4.85. The molecule has 0 atom stereocenters. The van der Waals surface area contributed by atoms with Crippen molar-refractivity contribution in [2.45, 2.75) is 12.8 Å². The Balaban J connectivity index is 1.28. The highest BCUT2D eigenvalue weighted by molar-refractivity contribution is 6.00. The Kier molecular flexibility index (Phi) is 4.63. The Morgan fingerprint density at radius 2 is 1.78 bits per heavy atom. The Labute approximate surface area is 205 Å². The fraction of sp³-hybridized carbons (Fsp3) is 0.107. The average Bonchev–Trinajstić information content (AvgIpc) is 3.55. The van der Waals surface area contributed by atoms with Crippen LogP contribution in [0.4, 0.5) is 5.69 Å². The molecule has 3 N–H and O–H groups in total. The number of hydrogen-bond donors (Lipinski definition) is 3. The molecular formula is C28H21N7O. The molecule has 6 aromatic rings. The van der Waals surface area contributed by atoms with Gasteiger partial charge in [0.15, 0.2) is 0 Å². The Morgan fingerprint density at radius 1 is 0.861 bits per heavy atom. The number of carbonyl (C=O) groups is 1. The highest BCUT2D eigenvalue weighted by Crippen LogP contribution is 2.35. The standard InChI is InChI=1S/C28H21N7O/c36-28(16-4-5-16)32-19-11-18(14-29-15-19)17-6-7-23-20(12-17)27(35-34-23)25-13-21-22(33-25)8-10-31-26(21)24-3-1-2-9-30-24/h1-3,6-16,33H,4-5H2,(H,32,36)(H,34,35). The number of nitrogens with zero attached hydrogens (tertiary/aromatic N) is 4. The van der Waals surface area contributed by atoms with Crippen LogP contribution in [0.25, 0.3) is 55.7 Å². The van der Waals surface area contributed by atoms with Gasteiger partial charge < -0.3 is 10.3 Å². The molecule has 0 radical (unpaired) electrons. The lowest BCUT2D eigenvalue weighted by atomic mass is 10.0. The Morgan fingerprint density at radius 3 is 2.64 bits per heavy atom. The summed E-state index contributed by atoms with van der Waals surface area (Å²) in [5.74, 6) is 0.211. The van der Waals surface area contributed by atoms with Crippen molar-refractivity contribution in [3.63, 3.8) is 0 Å². The smallest absolute Gasteiger partial charge is 0.227 e. The van der Waals surface area contributed by atoms with Gasteiger partial charge in [-0.2, -0.15) is 5.10 Å². The van der Waals surface area contributed by atoms with Crippen molar-refractivity contribution in [1.29, 1.82) is 0 Å². The summed E-state index contributed by atoms with van der Waals surface area (Å²) in [6, 6.07) is 17.9. The molecule has 5 aromatic heterocycles. The summed E-state index contributed by atoms with van der Waals surface area (Å²) in [5.41, 5.74) is 7.89. The molecule has 8 heteroatoms. The third-order valence-corrected chi connectivity index (χ3v) is 6.56. The van der Waals surface area contributed by atoms with Crippen molar-refractivity contribution in [3.8, 4) is 33.9 Å². The minimum absolute atomic E-state index is 0.0693. The molecule has 1 aliphatic rings. The SMILES string of the molecule is O=C(Nc1cncc(-c2ccc3[nH]nc(-c4cc5c(-c6ccccn6)nccc5[nH]4)c3c2)c1)C1CC1. The third kappa shape index (κ3) is 3.60. The predicted octanol–water partition coefficient (Wildman–Crippen LogP) is 5.58. The monoisotopic (exact) mass is 471 g/mol. The number of amides is 1. The van der Waals surface area contributed by atoms with Crippen LogP contribution in [0, 0.1) is 5.92 Å². The number of nitrogens with one attached hydrogen (secondary N) is 3. The zero-order valence-corrected chi connectivity index (χ0v) is 19.2. The fourth-order valence-corrected chi connectivity index (χ4v) is 4.54. The van der Waals surface area contributed by atoms with Gasteiger partial charge in [0.2, 0.25) is 5.91 Å². The van der Waals surface area contributed by atoms with Crippen LogP contribution in [0.2, 0.25) is 0 Å². The van der Waals surface area contributed by atoms with Crippen LogP contribution in [0.5, 0.6) is 0 Å². The van der Waals surface area contributed by atoms with Crippen molar-refractivity contribution in [3.05, 3.63) is 79.4 Å². The van der Waals surface area contributed by atoms with Gasteiger partial charge in [0.1, 0.15) is 5.69 Å². The van der Waals surface area contributed by atoms with Gasteiger partial charge in [-0.3, -0.25) is 24.8 Å². The van der Waals surface area contributed by atoms with E-state index in [4.69, 9.17) is 0 Å². The quantitative estimate of drug-likeness (QED) is 0.304. The van der Waals surface area contributed by atoms with Crippen LogP contribution < -0.4 is 5.32 Å². The largest absolute Gasteiger partial charge is 0.353 e. The first-order chi connectivity index (χ1) is 17.7. The summed E-state index contributed by atoms with van der Waals surface area (Å²) >= 11 is 0. The van der Waals surface area contributed by atoms with Gasteiger partial charge in [-0.25, -0.2) is 0 Å². The third-order valence-electron chi connectivity index (χ3n) is 6.56. The predicted molar refractivity (Wildman–Crippen MR) is 139 cm³/mol. The van der Waals surface area contributed by atoms with E-state index in [0.29, 0.717) is 5.69 Å². The summed E-state index contributed by atoms with van der Waals surface area (Å²) in [5, 5.41) is 12.7. The molecule has 0 aliphatic heterocycles. The van der Waals surface area contributed by atoms with Gasteiger partial charge in [0, 0.05) is 46.4 Å². The number of aromatic amines is 2. The second kappa shape index (κ2) is 8.13. The van der Waals surface area contributed by atoms with E-state index in [0.717, 1.165) is 68.6 Å². The number of fused-ring (bicyclic) bond motifs is 2. The minimum Gasteiger partial charge on any atom is -0.353 e. The molecule has 8 nitrogen and oxygen atoms in total. The van der Waals surface area contributed by atoms with Crippen LogP contribution >= 0.6 is 0 Å². The first kappa shape index (κ1) is 20.5. The van der Waals surface area contributed by atoms with E-state index < -0.39 is 0 Å². The number of H-pyrrole nitrogens is 2. The van der Waals surface area contributed by atoms with Gasteiger partial charge in [-0.1, -0.05) is 12.1 Å². The van der Waals surface area contributed by atoms with Crippen molar-refractivity contribution < 1.29 is 4.79 Å². The molecule has 0 spiro atoms. The summed E-state index contributed by atoms with van der Waals surface area (Å²) in [6.45, 7) is 0. The van der Waals surface area contributed by atoms with Gasteiger partial charge in [-0.15, -0.1) is 0 Å². The Bertz CT molecular complexity index is 1750. The van der Waals surface area contributed by atoms with Crippen molar-refractivity contribution in [2.75, 3.05) is 5.32 Å². The van der Waals surface area contributed by atoms with Gasteiger partial charge in [0.25, 0.3) is 0 Å². The zero-order chi connectivity index (χ0) is 24.1. The number of aromatic nitrogens is 6. The lowest BCUT2D eigenvalue weighted by Gasteiger charge is -2.07. The number of pyridine rings is 3. The molecule has 1 saturated carbocycles. The second-order valence-electron chi connectivity index (χ2n) is 9.08. The van der Waals surface area contributed by atoms with Gasteiger partial charge >= 0.3 is 0 Å². The van der Waals surface area contributed by atoms with Crippen LogP contribution in [0.1, 0.15) is 12.8 Å². The molecule has 1 fully saturated rings. The normalized spacial score (nSPS) is 13.3. The van der Waals surface area contributed by atoms with Crippen molar-refractivity contribution in [1.82, 2.24) is 30.1 Å². The molecule has 174 valence electrons. The van der Waals surface area contributed by atoms with Crippen LogP contribution in [-0.2, 0) is 4.79 Å². The highest BCUT2D eigenvalue weighted by atomic mass is 16.2. The molecule has 7 rings (SSSR count). The molecule has 0 saturated heterocycles. The van der Waals surface area contributed by atoms with Gasteiger partial charge in [0.05, 0.1) is 34.5 Å². The molecule has 36 heavy (non-hydrogen) atoms. The fourth-order valence-electron chi connectivity index (χ4n) is 4.54. The topological polar surface area (TPSA) is 112 Å². The maximum absolute atomic E-state index is 12.2. The molecule has 0 unspecified atom stereocenters. The molecule has 1 aliphatic carbocycles. The first-order valence-corrected chi connectivity index (χ1v) is 11.9. The highest BCUT2D eigenvalue weighted by Gasteiger charge is 2.29. The summed E-state index contributed by atoms with van der Waals surface area (Å²) < 4.78 is 0. The molecule has 0 bridgehead atoms. The number of rotatable bonds is 5. The summed E-state index contributed by atoms with van der Waals surface area (Å²) in [4.78, 5) is 29.1. The maximum Gasteiger partial charge on any atom is 0.227 e. The average molecular weight is 472 g/mol. The minimum atomic E-state index is 0.0693. The molecular weight excluding hydrogens is 450 g/mol. The van der Waals surface area contributed by atoms with Crippen molar-refractivity contribution in [2.24, 2.45) is 5.92 Å². The zero-order valence-electron chi connectivity index (χ0n) is 19.2. The van der Waals surface area contributed by atoms with Crippen LogP contribution in [0.15, 0.2) is 79.4 Å². The van der Waals surface area contributed by atoms with Gasteiger partial charge in [-0.05, 0) is 60.9 Å². The van der Waals surface area contributed by atoms with E-state index in [9.17, 15) is 4.79 Å². The van der Waals surface area contributed by atoms with E-state index in [2.05, 4.69) is 47.6 Å². The van der Waals surface area contributed by atoms with E-state index in [-0.39, 0.29) is 11.8 Å². The number of hydrogen-bond acceptors (Lipinski definition) is 5. The van der Waals surface area contributed by atoms with Crippen LogP contribution in [0.3, 0.4) is 0 Å². The van der Waals surface area contributed by atoms with E-state index in [1.165, 1.54) is 0 Å². The van der Waals surface area contributed by atoms with E-state index in [1.54, 1.807) is 24.8 Å². The molecule has 5 heterocycles. The summed E-state index contributed by atoms with van der Waals surface area (Å²) in [7, 11) is 0. The van der Waals surface area contributed by atoms with Crippen LogP contribution in [-0.4, -0.2) is 36.0 Å².